The molecule has 0 bridgehead atoms. The summed E-state index contributed by atoms with van der Waals surface area (Å²) >= 11 is 0. The largest absolute Gasteiger partial charge is 0.351 e. The van der Waals surface area contributed by atoms with Gasteiger partial charge in [-0.2, -0.15) is 4.99 Å². The number of nitrogens with zero attached hydrogens (tertiary/aromatic N) is 2. The summed E-state index contributed by atoms with van der Waals surface area (Å²) in [6.45, 7) is 4.61. The molecule has 1 rings (SSSR count). The van der Waals surface area contributed by atoms with E-state index in [-0.39, 0.29) is 0 Å². The summed E-state index contributed by atoms with van der Waals surface area (Å²) in [7, 11) is 0. The molecule has 0 aromatic rings. The maximum absolute atomic E-state index is 10.7. The van der Waals surface area contributed by atoms with Gasteiger partial charge in [-0.3, -0.25) is 4.79 Å². The lowest BCUT2D eigenvalue weighted by atomic mass is 10.5. The summed E-state index contributed by atoms with van der Waals surface area (Å²) in [5, 5.41) is 0. The molecule has 1 heterocycles. The summed E-state index contributed by atoms with van der Waals surface area (Å²) < 4.78 is 0. The number of rotatable bonds is 2. The number of carbonyl (C=O) groups excluding carboxylic acids is 2. The maximum atomic E-state index is 10.7. The Morgan fingerprint density at radius 1 is 1.60 bits per heavy atom. The smallest absolute Gasteiger partial charge is 0.267 e. The van der Waals surface area contributed by atoms with Crippen LogP contribution >= 0.6 is 0 Å². The Morgan fingerprint density at radius 3 is 2.70 bits per heavy atom. The van der Waals surface area contributed by atoms with Crippen LogP contribution in [0.3, 0.4) is 0 Å². The number of amides is 3. The molecule has 1 aliphatic heterocycles. The Morgan fingerprint density at radius 2 is 2.30 bits per heavy atom. The van der Waals surface area contributed by atoms with Gasteiger partial charge >= 0.3 is 6.03 Å². The second-order valence-corrected chi connectivity index (χ2v) is 1.63. The van der Waals surface area contributed by atoms with Crippen LogP contribution in [-0.2, 0) is 4.79 Å². The van der Waals surface area contributed by atoms with E-state index in [4.69, 9.17) is 0 Å². The highest BCUT2D eigenvalue weighted by Crippen LogP contribution is 2.03. The predicted octanol–water partition coefficient (Wildman–Crippen LogP) is 0.367. The van der Waals surface area contributed by atoms with E-state index in [9.17, 15) is 9.59 Å². The molecule has 3 amide bonds. The molecule has 4 nitrogen and oxygen atoms in total. The molecule has 51 valence electrons. The zero-order valence-corrected chi connectivity index (χ0v) is 5.15. The lowest BCUT2D eigenvalue weighted by molar-refractivity contribution is -0.118. The highest BCUT2D eigenvalue weighted by molar-refractivity contribution is 6.35. The normalized spacial score (nSPS) is 16.6. The Labute approximate surface area is 57.8 Å². The average molecular weight is 137 g/mol. The monoisotopic (exact) mass is 137 g/mol. The van der Waals surface area contributed by atoms with Gasteiger partial charge in [-0.1, -0.05) is 6.08 Å². The average Bonchev–Trinajstić information content (AvgIpc) is 2.20. The Kier molecular flexibility index (Phi) is 1.62. The number of hydrogen-bond acceptors (Lipinski definition) is 2. The molecule has 0 saturated carbocycles. The van der Waals surface area contributed by atoms with E-state index in [0.717, 1.165) is 11.1 Å². The third kappa shape index (κ3) is 0.953. The SMILES string of the molecule is C=C[CH]N1C(=O)C=NC1=O. The highest BCUT2D eigenvalue weighted by Gasteiger charge is 2.23. The first-order valence-corrected chi connectivity index (χ1v) is 2.63. The van der Waals surface area contributed by atoms with Crippen LogP contribution in [-0.4, -0.2) is 23.1 Å². The van der Waals surface area contributed by atoms with Crippen LogP contribution in [0.25, 0.3) is 0 Å². The van der Waals surface area contributed by atoms with Crippen molar-refractivity contribution < 1.29 is 9.59 Å². The molecule has 0 saturated heterocycles. The molecule has 4 heteroatoms. The molecular weight excluding hydrogens is 132 g/mol. The summed E-state index contributed by atoms with van der Waals surface area (Å²) in [6.07, 6.45) is 2.33. The number of imide groups is 1. The van der Waals surface area contributed by atoms with E-state index in [1.165, 1.54) is 12.6 Å². The molecule has 10 heavy (non-hydrogen) atoms. The van der Waals surface area contributed by atoms with E-state index in [1.807, 2.05) is 0 Å². The molecule has 0 aromatic carbocycles. The van der Waals surface area contributed by atoms with Crippen LogP contribution < -0.4 is 0 Å². The van der Waals surface area contributed by atoms with Gasteiger partial charge in [0.15, 0.2) is 0 Å². The van der Waals surface area contributed by atoms with Crippen LogP contribution in [0.15, 0.2) is 17.6 Å². The van der Waals surface area contributed by atoms with Crippen molar-refractivity contribution in [3.05, 3.63) is 19.2 Å². The summed E-state index contributed by atoms with van der Waals surface area (Å²) in [5.74, 6) is -0.426. The fourth-order valence-corrected chi connectivity index (χ4v) is 0.572. The van der Waals surface area contributed by atoms with Crippen molar-refractivity contribution in [2.45, 2.75) is 0 Å². The number of hydrogen-bond donors (Lipinski definition) is 0. The topological polar surface area (TPSA) is 49.7 Å². The third-order valence-electron chi connectivity index (χ3n) is 0.983. The van der Waals surface area contributed by atoms with Crippen molar-refractivity contribution in [1.29, 1.82) is 0 Å². The van der Waals surface area contributed by atoms with Gasteiger partial charge in [0.2, 0.25) is 0 Å². The van der Waals surface area contributed by atoms with Gasteiger partial charge in [0, 0.05) is 0 Å². The van der Waals surface area contributed by atoms with Gasteiger partial charge in [0.25, 0.3) is 5.91 Å². The van der Waals surface area contributed by atoms with Crippen LogP contribution in [0, 0.1) is 6.54 Å². The van der Waals surface area contributed by atoms with E-state index < -0.39 is 11.9 Å². The lowest BCUT2D eigenvalue weighted by Crippen LogP contribution is -2.26. The van der Waals surface area contributed by atoms with Gasteiger partial charge in [0.05, 0.1) is 12.8 Å². The van der Waals surface area contributed by atoms with Crippen LogP contribution in [0.1, 0.15) is 0 Å². The summed E-state index contributed by atoms with van der Waals surface area (Å²) in [6, 6.07) is -0.565. The summed E-state index contributed by atoms with van der Waals surface area (Å²) in [5.41, 5.74) is 0. The van der Waals surface area contributed by atoms with E-state index in [1.54, 1.807) is 0 Å². The van der Waals surface area contributed by atoms with Crippen molar-refractivity contribution in [1.82, 2.24) is 4.90 Å². The molecule has 0 aromatic heterocycles. The van der Waals surface area contributed by atoms with Crippen LogP contribution in [0.2, 0.25) is 0 Å². The summed E-state index contributed by atoms with van der Waals surface area (Å²) in [4.78, 5) is 25.4. The van der Waals surface area contributed by atoms with Gasteiger partial charge < -0.3 is 0 Å². The third-order valence-corrected chi connectivity index (χ3v) is 0.983. The quantitative estimate of drug-likeness (QED) is 0.552. The molecule has 0 unspecified atom stereocenters. The Bertz CT molecular complexity index is 202. The number of urea groups is 1. The molecule has 0 spiro atoms. The second kappa shape index (κ2) is 2.43. The number of aliphatic imine (C=N–C) groups is 1. The van der Waals surface area contributed by atoms with Gasteiger partial charge in [0.1, 0.15) is 0 Å². The van der Waals surface area contributed by atoms with Gasteiger partial charge in [-0.05, 0) is 0 Å². The Balaban J connectivity index is 2.69. The molecule has 0 fully saturated rings. The van der Waals surface area contributed by atoms with E-state index in [0.29, 0.717) is 0 Å². The van der Waals surface area contributed by atoms with Crippen molar-refractivity contribution in [3.8, 4) is 0 Å². The molecule has 0 atom stereocenters. The van der Waals surface area contributed by atoms with E-state index in [2.05, 4.69) is 11.6 Å². The molecular formula is C6H5N2O2. The van der Waals surface area contributed by atoms with Crippen molar-refractivity contribution in [2.75, 3.05) is 0 Å². The molecule has 0 aliphatic carbocycles. The van der Waals surface area contributed by atoms with Crippen LogP contribution in [0.4, 0.5) is 4.79 Å². The fourth-order valence-electron chi connectivity index (χ4n) is 0.572. The van der Waals surface area contributed by atoms with Crippen LogP contribution in [0.5, 0.6) is 0 Å². The second-order valence-electron chi connectivity index (χ2n) is 1.63. The van der Waals surface area contributed by atoms with E-state index >= 15 is 0 Å². The minimum Gasteiger partial charge on any atom is -0.267 e. The van der Waals surface area contributed by atoms with Gasteiger partial charge in [-0.15, -0.1) is 6.58 Å². The fraction of sp³-hybridized carbons (Fsp3) is 0. The number of carbonyl (C=O) groups is 2. The first-order valence-electron chi connectivity index (χ1n) is 2.63. The van der Waals surface area contributed by atoms with Crippen molar-refractivity contribution in [3.63, 3.8) is 0 Å². The maximum Gasteiger partial charge on any atom is 0.351 e. The highest BCUT2D eigenvalue weighted by atomic mass is 16.2. The minimum absolute atomic E-state index is 0.426. The first kappa shape index (κ1) is 6.67. The zero-order chi connectivity index (χ0) is 7.56. The van der Waals surface area contributed by atoms with Gasteiger partial charge in [-0.25, -0.2) is 9.69 Å². The molecule has 1 aliphatic rings. The van der Waals surface area contributed by atoms with Crippen molar-refractivity contribution in [2.24, 2.45) is 4.99 Å². The zero-order valence-electron chi connectivity index (χ0n) is 5.15. The Hall–Kier alpha value is -1.45. The molecule has 1 radical (unpaired) electrons. The van der Waals surface area contributed by atoms with Crippen molar-refractivity contribution >= 4 is 18.2 Å². The predicted molar refractivity (Wildman–Crippen MR) is 35.2 cm³/mol. The molecule has 0 N–H and O–H groups in total. The standard InChI is InChI=1S/C6H5N2O2/c1-2-3-8-5(9)4-7-6(8)10/h2-4H,1H2. The minimum atomic E-state index is -0.565. The lowest BCUT2D eigenvalue weighted by Gasteiger charge is -2.05. The first-order chi connectivity index (χ1) is 4.75.